The van der Waals surface area contributed by atoms with Crippen LogP contribution in [0.2, 0.25) is 0 Å². The van der Waals surface area contributed by atoms with Gasteiger partial charge >= 0.3 is 5.91 Å². The van der Waals surface area contributed by atoms with Crippen LogP contribution in [0, 0.1) is 0 Å². The number of aromatic nitrogens is 1. The molecule has 2 heterocycles. The lowest BCUT2D eigenvalue weighted by molar-refractivity contribution is 0.0925. The van der Waals surface area contributed by atoms with E-state index in [-0.39, 0.29) is 5.76 Å². The second-order valence-electron chi connectivity index (χ2n) is 3.43. The van der Waals surface area contributed by atoms with Crippen LogP contribution in [0.3, 0.4) is 0 Å². The van der Waals surface area contributed by atoms with Crippen molar-refractivity contribution in [2.45, 2.75) is 10.8 Å². The van der Waals surface area contributed by atoms with Crippen molar-refractivity contribution in [2.75, 3.05) is 5.73 Å². The van der Waals surface area contributed by atoms with Gasteiger partial charge in [0.1, 0.15) is 5.03 Å². The molecule has 1 amide bonds. The summed E-state index contributed by atoms with van der Waals surface area (Å²) in [4.78, 5) is 15.5. The Morgan fingerprint density at radius 3 is 3.06 bits per heavy atom. The zero-order chi connectivity index (χ0) is 13.0. The number of nitrogens with one attached hydrogen (secondary N) is 1. The maximum absolute atomic E-state index is 11.4. The van der Waals surface area contributed by atoms with Crippen LogP contribution in [-0.4, -0.2) is 10.9 Å². The minimum Gasteiger partial charge on any atom is -0.459 e. The molecule has 0 aliphatic rings. The van der Waals surface area contributed by atoms with Crippen LogP contribution in [0.1, 0.15) is 16.1 Å². The molecule has 6 nitrogen and oxygen atoms in total. The molecule has 0 aromatic carbocycles. The molecule has 0 aliphatic carbocycles. The number of carbonyl (C=O) groups excluding carboxylic acids is 1. The molecule has 2 rings (SSSR count). The number of amides is 1. The van der Waals surface area contributed by atoms with Gasteiger partial charge in [0.15, 0.2) is 5.76 Å². The van der Waals surface area contributed by atoms with Crippen molar-refractivity contribution in [1.82, 2.24) is 10.4 Å². The minimum absolute atomic E-state index is 0.208. The Labute approximate surface area is 108 Å². The van der Waals surface area contributed by atoms with Gasteiger partial charge < -0.3 is 10.2 Å². The van der Waals surface area contributed by atoms with Gasteiger partial charge in [-0.15, -0.1) is 0 Å². The van der Waals surface area contributed by atoms with Gasteiger partial charge in [-0.1, -0.05) is 11.8 Å². The largest absolute Gasteiger partial charge is 0.459 e. The van der Waals surface area contributed by atoms with E-state index in [0.29, 0.717) is 11.4 Å². The summed E-state index contributed by atoms with van der Waals surface area (Å²) in [6.07, 6.45) is 3.11. The number of anilines is 1. The number of hydrogen-bond donors (Lipinski definition) is 3. The number of rotatable bonds is 4. The number of hydrogen-bond acceptors (Lipinski definition) is 6. The number of nitrogen functional groups attached to an aromatic ring is 2. The van der Waals surface area contributed by atoms with Gasteiger partial charge in [-0.3, -0.25) is 10.2 Å². The van der Waals surface area contributed by atoms with Crippen molar-refractivity contribution in [1.29, 1.82) is 0 Å². The molecule has 0 unspecified atom stereocenters. The number of furan rings is 1. The highest BCUT2D eigenvalue weighted by atomic mass is 32.2. The van der Waals surface area contributed by atoms with Crippen molar-refractivity contribution in [3.05, 3.63) is 42.0 Å². The van der Waals surface area contributed by atoms with E-state index in [2.05, 4.69) is 4.98 Å². The van der Waals surface area contributed by atoms with Crippen LogP contribution in [-0.2, 0) is 5.75 Å². The van der Waals surface area contributed by atoms with Gasteiger partial charge in [-0.2, -0.15) is 0 Å². The molecule has 7 heteroatoms. The predicted octanol–water partition coefficient (Wildman–Crippen LogP) is 1.15. The van der Waals surface area contributed by atoms with E-state index >= 15 is 0 Å². The summed E-state index contributed by atoms with van der Waals surface area (Å²) in [7, 11) is 0. The van der Waals surface area contributed by atoms with Crippen LogP contribution in [0.15, 0.2) is 40.1 Å². The summed E-state index contributed by atoms with van der Waals surface area (Å²) in [5.41, 5.74) is 9.16. The van der Waals surface area contributed by atoms with Crippen molar-refractivity contribution < 1.29 is 9.21 Å². The molecule has 0 saturated carbocycles. The summed E-state index contributed by atoms with van der Waals surface area (Å²) < 4.78 is 5.08. The maximum Gasteiger partial charge on any atom is 0.301 e. The monoisotopic (exact) mass is 264 g/mol. The quantitative estimate of drug-likeness (QED) is 0.331. The van der Waals surface area contributed by atoms with E-state index in [1.54, 1.807) is 24.4 Å². The summed E-state index contributed by atoms with van der Waals surface area (Å²) in [5, 5.41) is 0.720. The van der Waals surface area contributed by atoms with Gasteiger partial charge in [0, 0.05) is 17.5 Å². The molecule has 2 aromatic heterocycles. The number of nitrogens with two attached hydrogens (primary N) is 2. The Kier molecular flexibility index (Phi) is 3.85. The number of nitrogens with zero attached hydrogens (tertiary/aromatic N) is 1. The lowest BCUT2D eigenvalue weighted by atomic mass is 10.3. The van der Waals surface area contributed by atoms with Crippen molar-refractivity contribution in [3.8, 4) is 0 Å². The van der Waals surface area contributed by atoms with E-state index in [1.807, 2.05) is 5.43 Å². The second-order valence-corrected chi connectivity index (χ2v) is 4.40. The number of carbonyl (C=O) groups is 1. The standard InChI is InChI=1S/C11H12N4O2S/c12-8-2-1-4-14-11(8)18-6-7-3-5-17-9(7)10(16)15-13/h1-5H,6,12-13H2,(H,15,16). The Hall–Kier alpha value is -1.99. The second kappa shape index (κ2) is 5.56. The fraction of sp³-hybridized carbons (Fsp3) is 0.0909. The smallest absolute Gasteiger partial charge is 0.301 e. The minimum atomic E-state index is -0.454. The highest BCUT2D eigenvalue weighted by Crippen LogP contribution is 2.27. The fourth-order valence-electron chi connectivity index (χ4n) is 1.38. The first-order chi connectivity index (χ1) is 8.72. The summed E-state index contributed by atoms with van der Waals surface area (Å²) in [6.45, 7) is 0. The summed E-state index contributed by atoms with van der Waals surface area (Å²) in [5.74, 6) is 5.35. The first kappa shape index (κ1) is 12.5. The number of pyridine rings is 1. The highest BCUT2D eigenvalue weighted by molar-refractivity contribution is 7.98. The van der Waals surface area contributed by atoms with E-state index in [9.17, 15) is 4.79 Å². The molecule has 0 aliphatic heterocycles. The van der Waals surface area contributed by atoms with Crippen molar-refractivity contribution in [3.63, 3.8) is 0 Å². The molecule has 2 aromatic rings. The summed E-state index contributed by atoms with van der Waals surface area (Å²) in [6, 6.07) is 5.26. The molecule has 0 atom stereocenters. The summed E-state index contributed by atoms with van der Waals surface area (Å²) >= 11 is 1.43. The van der Waals surface area contributed by atoms with Crippen LogP contribution in [0.5, 0.6) is 0 Å². The topological polar surface area (TPSA) is 107 Å². The molecule has 94 valence electrons. The molecular formula is C11H12N4O2S. The third-order valence-electron chi connectivity index (χ3n) is 2.25. The van der Waals surface area contributed by atoms with Gasteiger partial charge in [0.2, 0.25) is 0 Å². The first-order valence-electron chi connectivity index (χ1n) is 5.13. The van der Waals surface area contributed by atoms with E-state index in [1.165, 1.54) is 18.0 Å². The van der Waals surface area contributed by atoms with E-state index in [4.69, 9.17) is 16.0 Å². The average molecular weight is 264 g/mol. The van der Waals surface area contributed by atoms with Crippen molar-refractivity contribution >= 4 is 23.4 Å². The number of hydrazine groups is 1. The predicted molar refractivity (Wildman–Crippen MR) is 68.6 cm³/mol. The Bertz CT molecular complexity index is 555. The SMILES string of the molecule is NNC(=O)c1occc1CSc1ncccc1N. The molecule has 0 saturated heterocycles. The maximum atomic E-state index is 11.4. The van der Waals surface area contributed by atoms with Crippen LogP contribution < -0.4 is 17.0 Å². The van der Waals surface area contributed by atoms with Gasteiger partial charge in [0.05, 0.1) is 12.0 Å². The van der Waals surface area contributed by atoms with E-state index in [0.717, 1.165) is 10.6 Å². The Balaban J connectivity index is 2.09. The van der Waals surface area contributed by atoms with Crippen LogP contribution in [0.25, 0.3) is 0 Å². The van der Waals surface area contributed by atoms with Gasteiger partial charge in [-0.05, 0) is 18.2 Å². The van der Waals surface area contributed by atoms with Crippen LogP contribution in [0.4, 0.5) is 5.69 Å². The van der Waals surface area contributed by atoms with Gasteiger partial charge in [0.25, 0.3) is 0 Å². The lowest BCUT2D eigenvalue weighted by Gasteiger charge is -2.03. The average Bonchev–Trinajstić information content (AvgIpc) is 2.85. The molecule has 0 radical (unpaired) electrons. The first-order valence-corrected chi connectivity index (χ1v) is 6.11. The highest BCUT2D eigenvalue weighted by Gasteiger charge is 2.14. The zero-order valence-corrected chi connectivity index (χ0v) is 10.2. The molecule has 0 fully saturated rings. The number of thioether (sulfide) groups is 1. The van der Waals surface area contributed by atoms with E-state index < -0.39 is 5.91 Å². The molecule has 18 heavy (non-hydrogen) atoms. The molecule has 5 N–H and O–H groups in total. The third kappa shape index (κ3) is 2.63. The molecular weight excluding hydrogens is 252 g/mol. The molecule has 0 bridgehead atoms. The Morgan fingerprint density at radius 1 is 1.50 bits per heavy atom. The fourth-order valence-corrected chi connectivity index (χ4v) is 2.27. The third-order valence-corrected chi connectivity index (χ3v) is 3.32. The van der Waals surface area contributed by atoms with Gasteiger partial charge in [-0.25, -0.2) is 10.8 Å². The molecule has 0 spiro atoms. The Morgan fingerprint density at radius 2 is 2.33 bits per heavy atom. The lowest BCUT2D eigenvalue weighted by Crippen LogP contribution is -2.30. The van der Waals surface area contributed by atoms with Crippen LogP contribution >= 0.6 is 11.8 Å². The zero-order valence-electron chi connectivity index (χ0n) is 9.42. The van der Waals surface area contributed by atoms with Crippen molar-refractivity contribution in [2.24, 2.45) is 5.84 Å². The normalized spacial score (nSPS) is 10.3.